The highest BCUT2D eigenvalue weighted by Crippen LogP contribution is 2.42. The van der Waals surface area contributed by atoms with Gasteiger partial charge in [-0.1, -0.05) is 13.3 Å². The van der Waals surface area contributed by atoms with Crippen molar-refractivity contribution in [1.82, 2.24) is 0 Å². The highest BCUT2D eigenvalue weighted by molar-refractivity contribution is 5.75. The maximum absolute atomic E-state index is 12.3. The molecule has 0 amide bonds. The molecule has 0 saturated heterocycles. The summed E-state index contributed by atoms with van der Waals surface area (Å²) in [5.41, 5.74) is -0.231. The topological polar surface area (TPSA) is 59.3 Å². The van der Waals surface area contributed by atoms with Gasteiger partial charge in [0.15, 0.2) is 0 Å². The van der Waals surface area contributed by atoms with E-state index in [0.717, 1.165) is 44.3 Å². The fourth-order valence-electron chi connectivity index (χ4n) is 3.27. The maximum atomic E-state index is 12.3. The number of rotatable bonds is 6. The summed E-state index contributed by atoms with van der Waals surface area (Å²) in [5, 5.41) is 9.42. The number of esters is 1. The molecule has 4 heteroatoms. The minimum absolute atomic E-state index is 0.0973. The first-order valence-corrected chi connectivity index (χ1v) is 8.48. The van der Waals surface area contributed by atoms with Crippen LogP contribution in [0.15, 0.2) is 24.3 Å². The highest BCUT2D eigenvalue weighted by Gasteiger charge is 2.37. The number of carbonyl (C=O) groups is 1. The molecule has 23 heavy (non-hydrogen) atoms. The Morgan fingerprint density at radius 3 is 2.35 bits per heavy atom. The number of benzene rings is 1. The number of carbonyl (C=O) groups excluding carboxylic acids is 1. The van der Waals surface area contributed by atoms with Gasteiger partial charge in [-0.05, 0) is 63.3 Å². The van der Waals surface area contributed by atoms with Gasteiger partial charge in [-0.25, -0.2) is 0 Å². The lowest BCUT2D eigenvalue weighted by Crippen LogP contribution is -2.31. The van der Waals surface area contributed by atoms with Crippen LogP contribution in [0, 0.1) is 22.7 Å². The van der Waals surface area contributed by atoms with Gasteiger partial charge in [0.25, 0.3) is 0 Å². The van der Waals surface area contributed by atoms with E-state index in [9.17, 15) is 10.1 Å². The summed E-state index contributed by atoms with van der Waals surface area (Å²) in [6.45, 7) is 4.64. The summed E-state index contributed by atoms with van der Waals surface area (Å²) >= 11 is 0. The Kier molecular flexibility index (Phi) is 6.04. The Morgan fingerprint density at radius 2 is 1.83 bits per heavy atom. The summed E-state index contributed by atoms with van der Waals surface area (Å²) in [6.07, 6.45) is 4.99. The van der Waals surface area contributed by atoms with E-state index in [2.05, 4.69) is 13.0 Å². The summed E-state index contributed by atoms with van der Waals surface area (Å²) in [6, 6.07) is 9.59. The van der Waals surface area contributed by atoms with Gasteiger partial charge >= 0.3 is 5.97 Å². The Hall–Kier alpha value is -2.02. The molecule has 1 aromatic carbocycles. The van der Waals surface area contributed by atoms with E-state index in [-0.39, 0.29) is 17.3 Å². The van der Waals surface area contributed by atoms with Crippen LogP contribution in [0.4, 0.5) is 0 Å². The molecule has 124 valence electrons. The summed E-state index contributed by atoms with van der Waals surface area (Å²) < 4.78 is 10.8. The third kappa shape index (κ3) is 4.48. The SMILES string of the molecule is CCC[C@]1(C#N)CC[C@@H](C(=O)Oc2ccc(OCC)cc2)CC1. The zero-order chi connectivity index (χ0) is 16.7. The first-order valence-electron chi connectivity index (χ1n) is 8.48. The van der Waals surface area contributed by atoms with Crippen molar-refractivity contribution in [3.8, 4) is 17.6 Å². The lowest BCUT2D eigenvalue weighted by atomic mass is 9.69. The molecule has 0 bridgehead atoms. The Balaban J connectivity index is 1.89. The molecular formula is C19H25NO3. The molecule has 0 aliphatic heterocycles. The summed E-state index contributed by atoms with van der Waals surface area (Å²) in [7, 11) is 0. The second kappa shape index (κ2) is 8.01. The Labute approximate surface area is 138 Å². The van der Waals surface area contributed by atoms with Crippen LogP contribution >= 0.6 is 0 Å². The minimum atomic E-state index is -0.231. The van der Waals surface area contributed by atoms with Crippen molar-refractivity contribution in [3.05, 3.63) is 24.3 Å². The van der Waals surface area contributed by atoms with Gasteiger partial charge in [-0.15, -0.1) is 0 Å². The van der Waals surface area contributed by atoms with Crippen molar-refractivity contribution in [1.29, 1.82) is 5.26 Å². The van der Waals surface area contributed by atoms with E-state index in [1.165, 1.54) is 0 Å². The molecule has 2 rings (SSSR count). The van der Waals surface area contributed by atoms with E-state index >= 15 is 0 Å². The van der Waals surface area contributed by atoms with Crippen molar-refractivity contribution < 1.29 is 14.3 Å². The van der Waals surface area contributed by atoms with E-state index in [0.29, 0.717) is 12.4 Å². The van der Waals surface area contributed by atoms with Crippen molar-refractivity contribution >= 4 is 5.97 Å². The second-order valence-corrected chi connectivity index (χ2v) is 6.24. The normalized spacial score (nSPS) is 23.8. The molecule has 1 aliphatic rings. The Morgan fingerprint density at radius 1 is 1.22 bits per heavy atom. The number of ether oxygens (including phenoxy) is 2. The maximum Gasteiger partial charge on any atom is 0.314 e. The third-order valence-electron chi connectivity index (χ3n) is 4.59. The van der Waals surface area contributed by atoms with Crippen molar-refractivity contribution in [2.45, 2.75) is 52.4 Å². The molecule has 0 N–H and O–H groups in total. The van der Waals surface area contributed by atoms with E-state index < -0.39 is 0 Å². The van der Waals surface area contributed by atoms with Gasteiger partial charge in [-0.3, -0.25) is 4.79 Å². The zero-order valence-corrected chi connectivity index (χ0v) is 14.0. The molecule has 0 aromatic heterocycles. The van der Waals surface area contributed by atoms with E-state index in [1.807, 2.05) is 6.92 Å². The van der Waals surface area contributed by atoms with Crippen molar-refractivity contribution in [2.75, 3.05) is 6.61 Å². The highest BCUT2D eigenvalue weighted by atomic mass is 16.5. The van der Waals surface area contributed by atoms with E-state index in [4.69, 9.17) is 9.47 Å². The van der Waals surface area contributed by atoms with Crippen LogP contribution in [0.3, 0.4) is 0 Å². The van der Waals surface area contributed by atoms with Crippen LogP contribution in [0.2, 0.25) is 0 Å². The molecule has 0 heterocycles. The van der Waals surface area contributed by atoms with Crippen LogP contribution in [0.25, 0.3) is 0 Å². The van der Waals surface area contributed by atoms with Gasteiger partial charge in [0.1, 0.15) is 11.5 Å². The Bertz CT molecular complexity index is 551. The van der Waals surface area contributed by atoms with Crippen LogP contribution in [0.5, 0.6) is 11.5 Å². The third-order valence-corrected chi connectivity index (χ3v) is 4.59. The van der Waals surface area contributed by atoms with Gasteiger partial charge < -0.3 is 9.47 Å². The van der Waals surface area contributed by atoms with Gasteiger partial charge in [-0.2, -0.15) is 5.26 Å². The molecule has 0 unspecified atom stereocenters. The average Bonchev–Trinajstić information content (AvgIpc) is 2.58. The van der Waals surface area contributed by atoms with Crippen LogP contribution < -0.4 is 9.47 Å². The first kappa shape index (κ1) is 17.3. The quantitative estimate of drug-likeness (QED) is 0.573. The van der Waals surface area contributed by atoms with Crippen molar-refractivity contribution in [3.63, 3.8) is 0 Å². The van der Waals surface area contributed by atoms with Gasteiger partial charge in [0.05, 0.1) is 24.0 Å². The van der Waals surface area contributed by atoms with Crippen LogP contribution in [-0.4, -0.2) is 12.6 Å². The summed E-state index contributed by atoms with van der Waals surface area (Å²) in [4.78, 5) is 12.3. The average molecular weight is 315 g/mol. The minimum Gasteiger partial charge on any atom is -0.494 e. The molecule has 1 fully saturated rings. The first-order chi connectivity index (χ1) is 11.1. The lowest BCUT2D eigenvalue weighted by molar-refractivity contribution is -0.140. The van der Waals surface area contributed by atoms with Crippen molar-refractivity contribution in [2.24, 2.45) is 11.3 Å². The monoisotopic (exact) mass is 315 g/mol. The molecule has 0 spiro atoms. The molecular weight excluding hydrogens is 290 g/mol. The molecule has 1 saturated carbocycles. The zero-order valence-electron chi connectivity index (χ0n) is 14.0. The van der Waals surface area contributed by atoms with Gasteiger partial charge in [0, 0.05) is 0 Å². The molecule has 1 aliphatic carbocycles. The largest absolute Gasteiger partial charge is 0.494 e. The molecule has 4 nitrogen and oxygen atoms in total. The lowest BCUT2D eigenvalue weighted by Gasteiger charge is -2.33. The van der Waals surface area contributed by atoms with Gasteiger partial charge in [0.2, 0.25) is 0 Å². The molecule has 0 atom stereocenters. The molecule has 1 aromatic rings. The molecule has 0 radical (unpaired) electrons. The van der Waals surface area contributed by atoms with Crippen LogP contribution in [-0.2, 0) is 4.79 Å². The standard InChI is InChI=1S/C19H25NO3/c1-3-11-19(14-20)12-9-15(10-13-19)18(21)23-17-7-5-16(6-8-17)22-4-2/h5-8,15H,3-4,9-13H2,1-2H3/t15-,19+. The number of hydrogen-bond acceptors (Lipinski definition) is 4. The smallest absolute Gasteiger partial charge is 0.314 e. The predicted molar refractivity (Wildman–Crippen MR) is 88.2 cm³/mol. The summed E-state index contributed by atoms with van der Waals surface area (Å²) in [5.74, 6) is 1.03. The van der Waals surface area contributed by atoms with Crippen LogP contribution in [0.1, 0.15) is 52.4 Å². The number of nitrogens with zero attached hydrogens (tertiary/aromatic N) is 1. The number of hydrogen-bond donors (Lipinski definition) is 0. The number of nitriles is 1. The fraction of sp³-hybridized carbons (Fsp3) is 0.579. The predicted octanol–water partition coefficient (Wildman–Crippen LogP) is 4.49. The van der Waals surface area contributed by atoms with E-state index in [1.54, 1.807) is 24.3 Å². The second-order valence-electron chi connectivity index (χ2n) is 6.24. The fourth-order valence-corrected chi connectivity index (χ4v) is 3.27.